The largest absolute Gasteiger partial charge is 0.336 e. The van der Waals surface area contributed by atoms with Crippen LogP contribution in [-0.2, 0) is 31.2 Å². The summed E-state index contributed by atoms with van der Waals surface area (Å²) in [4.78, 5) is 22.6. The van der Waals surface area contributed by atoms with Crippen molar-refractivity contribution in [3.05, 3.63) is 47.8 Å². The summed E-state index contributed by atoms with van der Waals surface area (Å²) in [7, 11) is 1.98. The molecule has 3 heterocycles. The van der Waals surface area contributed by atoms with Gasteiger partial charge in [0.2, 0.25) is 5.91 Å². The molecular weight excluding hydrogens is 252 g/mol. The number of imidazole rings is 1. The summed E-state index contributed by atoms with van der Waals surface area (Å²) in [5, 5.41) is 0. The van der Waals surface area contributed by atoms with Crippen LogP contribution in [0, 0.1) is 0 Å². The van der Waals surface area contributed by atoms with Gasteiger partial charge in [-0.3, -0.25) is 9.78 Å². The van der Waals surface area contributed by atoms with E-state index >= 15 is 0 Å². The van der Waals surface area contributed by atoms with Gasteiger partial charge in [-0.1, -0.05) is 0 Å². The van der Waals surface area contributed by atoms with Gasteiger partial charge in [-0.25, -0.2) is 4.98 Å². The average Bonchev–Trinajstić information content (AvgIpc) is 2.87. The third-order valence-electron chi connectivity index (χ3n) is 3.83. The standard InChI is InChI=1S/C15H18N4O/c1-18-11-17-13-6-9-19(10-14(13)18)15(20)3-2-12-4-7-16-8-5-12/h4-5,7-8,11H,2-3,6,9-10H2,1H3. The fraction of sp³-hybridized carbons (Fsp3) is 0.400. The van der Waals surface area contributed by atoms with Crippen molar-refractivity contribution in [3.8, 4) is 0 Å². The number of aromatic nitrogens is 3. The Balaban J connectivity index is 1.60. The van der Waals surface area contributed by atoms with Gasteiger partial charge in [0.1, 0.15) is 0 Å². The van der Waals surface area contributed by atoms with E-state index in [4.69, 9.17) is 0 Å². The topological polar surface area (TPSA) is 51.0 Å². The first-order valence-electron chi connectivity index (χ1n) is 6.90. The van der Waals surface area contributed by atoms with Crippen molar-refractivity contribution < 1.29 is 4.79 Å². The maximum atomic E-state index is 12.3. The molecule has 2 aromatic heterocycles. The van der Waals surface area contributed by atoms with E-state index < -0.39 is 0 Å². The van der Waals surface area contributed by atoms with Crippen molar-refractivity contribution in [3.63, 3.8) is 0 Å². The van der Waals surface area contributed by atoms with Crippen molar-refractivity contribution in [1.82, 2.24) is 19.4 Å². The molecule has 3 rings (SSSR count). The second-order valence-electron chi connectivity index (χ2n) is 5.17. The maximum absolute atomic E-state index is 12.3. The van der Waals surface area contributed by atoms with Gasteiger partial charge in [0.05, 0.1) is 24.3 Å². The molecule has 0 fully saturated rings. The predicted molar refractivity (Wildman–Crippen MR) is 74.9 cm³/mol. The summed E-state index contributed by atoms with van der Waals surface area (Å²) in [5.74, 6) is 0.216. The Morgan fingerprint density at radius 1 is 1.35 bits per heavy atom. The number of rotatable bonds is 3. The number of aryl methyl sites for hydroxylation is 2. The summed E-state index contributed by atoms with van der Waals surface area (Å²) in [6.45, 7) is 1.46. The number of pyridine rings is 1. The number of hydrogen-bond acceptors (Lipinski definition) is 3. The van der Waals surface area contributed by atoms with Crippen molar-refractivity contribution in [2.24, 2.45) is 7.05 Å². The highest BCUT2D eigenvalue weighted by Crippen LogP contribution is 2.18. The molecule has 0 aromatic carbocycles. The molecule has 5 nitrogen and oxygen atoms in total. The Bertz CT molecular complexity index is 606. The first kappa shape index (κ1) is 12.8. The van der Waals surface area contributed by atoms with Crippen LogP contribution in [0.2, 0.25) is 0 Å². The summed E-state index contributed by atoms with van der Waals surface area (Å²) >= 11 is 0. The number of amides is 1. The fourth-order valence-electron chi connectivity index (χ4n) is 2.59. The molecule has 5 heteroatoms. The van der Waals surface area contributed by atoms with E-state index in [0.29, 0.717) is 13.0 Å². The fourth-order valence-corrected chi connectivity index (χ4v) is 2.59. The van der Waals surface area contributed by atoms with Crippen molar-refractivity contribution in [2.75, 3.05) is 6.54 Å². The van der Waals surface area contributed by atoms with Crippen LogP contribution in [-0.4, -0.2) is 31.9 Å². The van der Waals surface area contributed by atoms with Gasteiger partial charge in [0.25, 0.3) is 0 Å². The van der Waals surface area contributed by atoms with Gasteiger partial charge in [-0.15, -0.1) is 0 Å². The molecule has 1 amide bonds. The summed E-state index contributed by atoms with van der Waals surface area (Å²) < 4.78 is 2.01. The number of nitrogens with zero attached hydrogens (tertiary/aromatic N) is 4. The summed E-state index contributed by atoms with van der Waals surface area (Å²) in [5.41, 5.74) is 3.45. The molecule has 0 unspecified atom stereocenters. The molecule has 0 bridgehead atoms. The van der Waals surface area contributed by atoms with Gasteiger partial charge < -0.3 is 9.47 Å². The lowest BCUT2D eigenvalue weighted by atomic mass is 10.1. The number of carbonyl (C=O) groups is 1. The minimum Gasteiger partial charge on any atom is -0.336 e. The number of carbonyl (C=O) groups excluding carboxylic acids is 1. The molecule has 0 N–H and O–H groups in total. The molecule has 0 aliphatic carbocycles. The smallest absolute Gasteiger partial charge is 0.223 e. The highest BCUT2D eigenvalue weighted by atomic mass is 16.2. The van der Waals surface area contributed by atoms with E-state index in [9.17, 15) is 4.79 Å². The predicted octanol–water partition coefficient (Wildman–Crippen LogP) is 1.33. The SMILES string of the molecule is Cn1cnc2c1CN(C(=O)CCc1ccncc1)CC2. The molecule has 1 aliphatic rings. The summed E-state index contributed by atoms with van der Waals surface area (Å²) in [6.07, 6.45) is 7.55. The zero-order valence-electron chi connectivity index (χ0n) is 11.6. The molecule has 104 valence electrons. The Labute approximate surface area is 118 Å². The Morgan fingerprint density at radius 3 is 2.95 bits per heavy atom. The molecule has 0 saturated heterocycles. The first-order valence-corrected chi connectivity index (χ1v) is 6.90. The minimum absolute atomic E-state index is 0.216. The molecule has 20 heavy (non-hydrogen) atoms. The molecule has 0 spiro atoms. The molecule has 0 saturated carbocycles. The average molecular weight is 270 g/mol. The van der Waals surface area contributed by atoms with Crippen LogP contribution in [0.1, 0.15) is 23.4 Å². The third-order valence-corrected chi connectivity index (χ3v) is 3.83. The van der Waals surface area contributed by atoms with Crippen LogP contribution in [0.5, 0.6) is 0 Å². The monoisotopic (exact) mass is 270 g/mol. The van der Waals surface area contributed by atoms with Crippen molar-refractivity contribution in [2.45, 2.75) is 25.8 Å². The Kier molecular flexibility index (Phi) is 3.50. The van der Waals surface area contributed by atoms with E-state index in [0.717, 1.165) is 36.3 Å². The highest BCUT2D eigenvalue weighted by Gasteiger charge is 2.23. The van der Waals surface area contributed by atoms with E-state index in [1.54, 1.807) is 12.4 Å². The normalized spacial score (nSPS) is 14.2. The van der Waals surface area contributed by atoms with Crippen LogP contribution in [0.15, 0.2) is 30.9 Å². The Morgan fingerprint density at radius 2 is 2.15 bits per heavy atom. The van der Waals surface area contributed by atoms with Gasteiger partial charge >= 0.3 is 0 Å². The quantitative estimate of drug-likeness (QED) is 0.845. The molecule has 1 aliphatic heterocycles. The second-order valence-corrected chi connectivity index (χ2v) is 5.17. The molecule has 2 aromatic rings. The Hall–Kier alpha value is -2.17. The van der Waals surface area contributed by atoms with Crippen LogP contribution >= 0.6 is 0 Å². The van der Waals surface area contributed by atoms with E-state index in [1.807, 2.05) is 35.0 Å². The van der Waals surface area contributed by atoms with E-state index in [1.165, 1.54) is 0 Å². The summed E-state index contributed by atoms with van der Waals surface area (Å²) in [6, 6.07) is 3.92. The van der Waals surface area contributed by atoms with Crippen LogP contribution in [0.4, 0.5) is 0 Å². The lowest BCUT2D eigenvalue weighted by Crippen LogP contribution is -2.36. The number of hydrogen-bond donors (Lipinski definition) is 0. The van der Waals surface area contributed by atoms with Crippen molar-refractivity contribution in [1.29, 1.82) is 0 Å². The van der Waals surface area contributed by atoms with Crippen LogP contribution in [0.25, 0.3) is 0 Å². The minimum atomic E-state index is 0.216. The molecule has 0 radical (unpaired) electrons. The molecule has 0 atom stereocenters. The van der Waals surface area contributed by atoms with Gasteiger partial charge in [-0.05, 0) is 24.1 Å². The molecular formula is C15H18N4O. The van der Waals surface area contributed by atoms with Crippen LogP contribution in [0.3, 0.4) is 0 Å². The lowest BCUT2D eigenvalue weighted by Gasteiger charge is -2.27. The first-order chi connectivity index (χ1) is 9.74. The van der Waals surface area contributed by atoms with E-state index in [2.05, 4.69) is 9.97 Å². The van der Waals surface area contributed by atoms with Gasteiger partial charge in [-0.2, -0.15) is 0 Å². The van der Waals surface area contributed by atoms with Crippen LogP contribution < -0.4 is 0 Å². The van der Waals surface area contributed by atoms with E-state index in [-0.39, 0.29) is 5.91 Å². The maximum Gasteiger partial charge on any atom is 0.223 e. The zero-order chi connectivity index (χ0) is 13.9. The van der Waals surface area contributed by atoms with Gasteiger partial charge in [0.15, 0.2) is 0 Å². The van der Waals surface area contributed by atoms with Gasteiger partial charge in [0, 0.05) is 38.8 Å². The lowest BCUT2D eigenvalue weighted by molar-refractivity contribution is -0.132. The number of fused-ring (bicyclic) bond motifs is 1. The highest BCUT2D eigenvalue weighted by molar-refractivity contribution is 5.76. The van der Waals surface area contributed by atoms with Crippen molar-refractivity contribution >= 4 is 5.91 Å². The third kappa shape index (κ3) is 2.57. The zero-order valence-corrected chi connectivity index (χ0v) is 11.6. The second kappa shape index (κ2) is 5.45.